The standard InChI is InChI=1S/C29H39NO8/c1-7-12(2)24(34)38-17-10-28-20-16-9-27-8-13(3)18(19(33)21(27)28)23(37-15(5)32)29(27,35)25(28)30(16)11-26(20,6)22(17)36-14(4)31/h12,16-23,25,33,35H,3,7-11H2,1-2,4-6H3/t12-,16-,17+,18+,19-,20+,21+,22+,23-,25-,26+,27+,28-,29-/m0/s1. The molecule has 1 unspecified atom stereocenters. The maximum atomic E-state index is 13.1. The average molecular weight is 530 g/mol. The molecular weight excluding hydrogens is 490 g/mol. The van der Waals surface area contributed by atoms with Crippen LogP contribution >= 0.6 is 0 Å². The average Bonchev–Trinajstić information content (AvgIpc) is 3.25. The predicted molar refractivity (Wildman–Crippen MR) is 132 cm³/mol. The van der Waals surface area contributed by atoms with Gasteiger partial charge in [0.1, 0.15) is 23.9 Å². The number of hydrogen-bond donors (Lipinski definition) is 2. The summed E-state index contributed by atoms with van der Waals surface area (Å²) in [6.45, 7) is 13.5. The van der Waals surface area contributed by atoms with E-state index in [0.717, 1.165) is 5.57 Å². The van der Waals surface area contributed by atoms with Gasteiger partial charge in [-0.15, -0.1) is 0 Å². The van der Waals surface area contributed by atoms with Crippen molar-refractivity contribution in [2.45, 2.75) is 102 Å². The van der Waals surface area contributed by atoms with Gasteiger partial charge in [0.2, 0.25) is 0 Å². The van der Waals surface area contributed by atoms with Crippen LogP contribution in [0.3, 0.4) is 0 Å². The molecule has 3 saturated heterocycles. The van der Waals surface area contributed by atoms with Gasteiger partial charge in [-0.25, -0.2) is 0 Å². The van der Waals surface area contributed by atoms with Crippen molar-refractivity contribution in [3.05, 3.63) is 12.2 Å². The van der Waals surface area contributed by atoms with Gasteiger partial charge in [-0.05, 0) is 31.6 Å². The minimum Gasteiger partial charge on any atom is -0.459 e. The molecule has 38 heavy (non-hydrogen) atoms. The van der Waals surface area contributed by atoms with Crippen LogP contribution in [0.2, 0.25) is 0 Å². The molecule has 6 aliphatic carbocycles. The van der Waals surface area contributed by atoms with Crippen LogP contribution in [-0.2, 0) is 28.6 Å². The lowest BCUT2D eigenvalue weighted by Gasteiger charge is -2.68. The first-order valence-electron chi connectivity index (χ1n) is 14.2. The summed E-state index contributed by atoms with van der Waals surface area (Å²) in [5.74, 6) is -2.30. The number of piperidine rings is 2. The summed E-state index contributed by atoms with van der Waals surface area (Å²) in [6, 6.07) is -0.213. The van der Waals surface area contributed by atoms with E-state index in [4.69, 9.17) is 14.2 Å². The second-order valence-corrected chi connectivity index (χ2v) is 13.8. The van der Waals surface area contributed by atoms with E-state index >= 15 is 0 Å². The van der Waals surface area contributed by atoms with E-state index in [1.807, 2.05) is 13.8 Å². The van der Waals surface area contributed by atoms with Crippen LogP contribution in [0.15, 0.2) is 12.2 Å². The Labute approximate surface area is 222 Å². The van der Waals surface area contributed by atoms with Gasteiger partial charge in [0.05, 0.1) is 12.0 Å². The number of ether oxygens (including phenoxy) is 3. The molecule has 0 radical (unpaired) electrons. The lowest BCUT2D eigenvalue weighted by molar-refractivity contribution is -0.285. The molecule has 3 heterocycles. The number of esters is 3. The number of carbonyl (C=O) groups is 3. The molecule has 0 amide bonds. The summed E-state index contributed by atoms with van der Waals surface area (Å²) in [6.07, 6.45) is -0.752. The second-order valence-electron chi connectivity index (χ2n) is 13.8. The van der Waals surface area contributed by atoms with Gasteiger partial charge in [0.15, 0.2) is 0 Å². The van der Waals surface area contributed by atoms with Crippen molar-refractivity contribution in [3.63, 3.8) is 0 Å². The van der Waals surface area contributed by atoms with E-state index < -0.39 is 64.1 Å². The number of aliphatic hydroxyl groups is 2. The normalized spacial score (nSPS) is 56.7. The highest BCUT2D eigenvalue weighted by Crippen LogP contribution is 2.88. The van der Waals surface area contributed by atoms with E-state index in [0.29, 0.717) is 32.2 Å². The highest BCUT2D eigenvalue weighted by atomic mass is 16.6. The number of aliphatic hydroxyl groups excluding tert-OH is 1. The van der Waals surface area contributed by atoms with Gasteiger partial charge in [0, 0.05) is 60.6 Å². The van der Waals surface area contributed by atoms with Crippen molar-refractivity contribution in [2.75, 3.05) is 6.54 Å². The maximum Gasteiger partial charge on any atom is 0.309 e. The Bertz CT molecular complexity index is 1170. The third-order valence-corrected chi connectivity index (χ3v) is 12.3. The van der Waals surface area contributed by atoms with Crippen LogP contribution in [0, 0.1) is 39.9 Å². The molecule has 9 aliphatic rings. The number of hydrogen-bond acceptors (Lipinski definition) is 9. The van der Waals surface area contributed by atoms with E-state index in [1.165, 1.54) is 13.8 Å². The van der Waals surface area contributed by atoms with Crippen LogP contribution in [0.25, 0.3) is 0 Å². The van der Waals surface area contributed by atoms with Crippen molar-refractivity contribution >= 4 is 17.9 Å². The largest absolute Gasteiger partial charge is 0.459 e. The molecule has 6 saturated carbocycles. The van der Waals surface area contributed by atoms with Crippen LogP contribution < -0.4 is 0 Å². The van der Waals surface area contributed by atoms with Crippen LogP contribution in [0.5, 0.6) is 0 Å². The molecule has 2 spiro atoms. The van der Waals surface area contributed by atoms with Gasteiger partial charge >= 0.3 is 17.9 Å². The Hall–Kier alpha value is -1.97. The highest BCUT2D eigenvalue weighted by molar-refractivity contribution is 5.72. The molecule has 9 heteroatoms. The maximum absolute atomic E-state index is 13.1. The van der Waals surface area contributed by atoms with Gasteiger partial charge in [0.25, 0.3) is 0 Å². The van der Waals surface area contributed by atoms with Crippen molar-refractivity contribution < 1.29 is 38.8 Å². The summed E-state index contributed by atoms with van der Waals surface area (Å²) in [5.41, 5.74) is -2.28. The summed E-state index contributed by atoms with van der Waals surface area (Å²) in [7, 11) is 0. The molecule has 3 aliphatic heterocycles. The summed E-state index contributed by atoms with van der Waals surface area (Å²) < 4.78 is 18.0. The minimum absolute atomic E-state index is 0.0350. The second kappa shape index (κ2) is 7.21. The first kappa shape index (κ1) is 25.0. The zero-order valence-electron chi connectivity index (χ0n) is 22.8. The Balaban J connectivity index is 1.41. The molecule has 0 aromatic carbocycles. The molecule has 9 rings (SSSR count). The Kier molecular flexibility index (Phi) is 4.75. The van der Waals surface area contributed by atoms with Gasteiger partial charge < -0.3 is 24.4 Å². The lowest BCUT2D eigenvalue weighted by Crippen LogP contribution is -2.77. The number of nitrogens with zero attached hydrogens (tertiary/aromatic N) is 1. The van der Waals surface area contributed by atoms with E-state index in [-0.39, 0.29) is 35.8 Å². The molecule has 9 nitrogen and oxygen atoms in total. The summed E-state index contributed by atoms with van der Waals surface area (Å²) >= 11 is 0. The third kappa shape index (κ3) is 2.37. The zero-order chi connectivity index (χ0) is 27.3. The summed E-state index contributed by atoms with van der Waals surface area (Å²) in [4.78, 5) is 40.1. The van der Waals surface area contributed by atoms with Crippen molar-refractivity contribution in [3.8, 4) is 0 Å². The number of fused-ring (bicyclic) bond motifs is 1. The highest BCUT2D eigenvalue weighted by Gasteiger charge is 2.96. The topological polar surface area (TPSA) is 123 Å². The van der Waals surface area contributed by atoms with Crippen molar-refractivity contribution in [1.82, 2.24) is 4.90 Å². The molecule has 0 aromatic rings. The monoisotopic (exact) mass is 529 g/mol. The van der Waals surface area contributed by atoms with Crippen molar-refractivity contribution in [1.29, 1.82) is 0 Å². The Morgan fingerprint density at radius 2 is 1.76 bits per heavy atom. The molecule has 9 fully saturated rings. The molecular formula is C29H39NO8. The van der Waals surface area contributed by atoms with E-state index in [1.54, 1.807) is 0 Å². The Morgan fingerprint density at radius 1 is 1.11 bits per heavy atom. The minimum atomic E-state index is -1.35. The smallest absolute Gasteiger partial charge is 0.309 e. The van der Waals surface area contributed by atoms with E-state index in [2.05, 4.69) is 18.4 Å². The van der Waals surface area contributed by atoms with E-state index in [9.17, 15) is 24.6 Å². The first-order chi connectivity index (χ1) is 17.8. The van der Waals surface area contributed by atoms with Crippen LogP contribution in [-0.4, -0.2) is 81.7 Å². The van der Waals surface area contributed by atoms with Crippen molar-refractivity contribution in [2.24, 2.45) is 39.9 Å². The number of carbonyl (C=O) groups excluding carboxylic acids is 3. The van der Waals surface area contributed by atoms with Gasteiger partial charge in [-0.3, -0.25) is 19.3 Å². The van der Waals surface area contributed by atoms with Crippen LogP contribution in [0.4, 0.5) is 0 Å². The van der Waals surface area contributed by atoms with Gasteiger partial charge in [-0.2, -0.15) is 0 Å². The lowest BCUT2D eigenvalue weighted by atomic mass is 9.38. The predicted octanol–water partition coefficient (Wildman–Crippen LogP) is 1.59. The molecule has 0 aromatic heterocycles. The fraction of sp³-hybridized carbons (Fsp3) is 0.828. The fourth-order valence-electron chi connectivity index (χ4n) is 11.8. The first-order valence-corrected chi connectivity index (χ1v) is 14.2. The third-order valence-electron chi connectivity index (χ3n) is 12.3. The molecule has 15 atom stereocenters. The summed E-state index contributed by atoms with van der Waals surface area (Å²) in [5, 5.41) is 24.9. The molecule has 9 bridgehead atoms. The SMILES string of the molecule is C=C1C[C@@]23C[C@H]4[C@@H]5[C@@]6(C)CN4[C@H]4[C@]5(C[C@@H](OC(=O)[C@@H](C)CC)[C@H]6OC(C)=O)[C@@H]2[C@@H](O)[C@@H]1[C@H](OC(C)=O)[C@]43O. The molecule has 2 N–H and O–H groups in total. The quantitative estimate of drug-likeness (QED) is 0.311. The Morgan fingerprint density at radius 3 is 2.39 bits per heavy atom. The number of rotatable bonds is 5. The molecule has 208 valence electrons. The zero-order valence-corrected chi connectivity index (χ0v) is 22.8. The van der Waals surface area contributed by atoms with Crippen LogP contribution in [0.1, 0.15) is 60.3 Å². The van der Waals surface area contributed by atoms with Gasteiger partial charge in [-0.1, -0.05) is 32.9 Å². The fourth-order valence-corrected chi connectivity index (χ4v) is 11.8.